The molecule has 1 aliphatic carbocycles. The summed E-state index contributed by atoms with van der Waals surface area (Å²) in [6, 6.07) is 5.67. The van der Waals surface area contributed by atoms with Gasteiger partial charge in [-0.15, -0.1) is 16.5 Å². The van der Waals surface area contributed by atoms with Crippen LogP contribution < -0.4 is 0 Å². The van der Waals surface area contributed by atoms with E-state index in [1.54, 1.807) is 35.8 Å². The Morgan fingerprint density at radius 3 is 2.33 bits per heavy atom. The first-order valence-corrected chi connectivity index (χ1v) is 6.13. The van der Waals surface area contributed by atoms with Gasteiger partial charge < -0.3 is 0 Å². The standard InChI is InChI=1S/C12H7N3O2S/c16-10-7-3-1-2-4-8(7)11(17)9(10)14-15-12-13-5-6-18-12/h1-6,9H. The van der Waals surface area contributed by atoms with Crippen molar-refractivity contribution in [1.82, 2.24) is 4.98 Å². The number of aromatic nitrogens is 1. The number of rotatable bonds is 2. The quantitative estimate of drug-likeness (QED) is 0.613. The van der Waals surface area contributed by atoms with Crippen LogP contribution in [0.25, 0.3) is 0 Å². The number of hydrogen-bond acceptors (Lipinski definition) is 6. The number of nitrogens with zero attached hydrogens (tertiary/aromatic N) is 3. The van der Waals surface area contributed by atoms with E-state index in [9.17, 15) is 9.59 Å². The van der Waals surface area contributed by atoms with Crippen LogP contribution in [0.2, 0.25) is 0 Å². The van der Waals surface area contributed by atoms with Gasteiger partial charge in [-0.1, -0.05) is 24.3 Å². The summed E-state index contributed by atoms with van der Waals surface area (Å²) in [5, 5.41) is 9.83. The molecule has 1 aromatic heterocycles. The largest absolute Gasteiger partial charge is 0.291 e. The fourth-order valence-electron chi connectivity index (χ4n) is 1.80. The second-order valence-electron chi connectivity index (χ2n) is 3.71. The molecule has 0 amide bonds. The zero-order chi connectivity index (χ0) is 12.5. The number of ketones is 2. The maximum absolute atomic E-state index is 12.0. The predicted molar refractivity (Wildman–Crippen MR) is 65.5 cm³/mol. The molecule has 5 nitrogen and oxygen atoms in total. The van der Waals surface area contributed by atoms with Gasteiger partial charge in [0.15, 0.2) is 17.6 Å². The van der Waals surface area contributed by atoms with Crippen LogP contribution in [-0.2, 0) is 0 Å². The lowest BCUT2D eigenvalue weighted by Gasteiger charge is -1.95. The minimum absolute atomic E-state index is 0.295. The highest BCUT2D eigenvalue weighted by Gasteiger charge is 2.38. The van der Waals surface area contributed by atoms with E-state index in [1.165, 1.54) is 11.3 Å². The lowest BCUT2D eigenvalue weighted by Crippen LogP contribution is -2.18. The molecular weight excluding hydrogens is 250 g/mol. The van der Waals surface area contributed by atoms with Gasteiger partial charge in [0.25, 0.3) is 0 Å². The average molecular weight is 257 g/mol. The molecule has 1 heterocycles. The van der Waals surface area contributed by atoms with Gasteiger partial charge in [-0.2, -0.15) is 5.11 Å². The molecule has 3 rings (SSSR count). The van der Waals surface area contributed by atoms with Crippen LogP contribution in [0.15, 0.2) is 46.1 Å². The fourth-order valence-corrected chi connectivity index (χ4v) is 2.26. The minimum atomic E-state index is -1.05. The molecule has 0 spiro atoms. The van der Waals surface area contributed by atoms with Crippen molar-refractivity contribution in [3.63, 3.8) is 0 Å². The molecule has 18 heavy (non-hydrogen) atoms. The highest BCUT2D eigenvalue weighted by atomic mass is 32.1. The first-order valence-electron chi connectivity index (χ1n) is 5.25. The van der Waals surface area contributed by atoms with Gasteiger partial charge >= 0.3 is 0 Å². The Balaban J connectivity index is 1.93. The number of thiazole rings is 1. The lowest BCUT2D eigenvalue weighted by atomic mass is 10.1. The number of fused-ring (bicyclic) bond motifs is 1. The van der Waals surface area contributed by atoms with E-state index in [4.69, 9.17) is 0 Å². The van der Waals surface area contributed by atoms with Gasteiger partial charge in [0.2, 0.25) is 5.13 Å². The third-order valence-corrected chi connectivity index (χ3v) is 3.29. The Hall–Kier alpha value is -2.21. The van der Waals surface area contributed by atoms with Crippen molar-refractivity contribution >= 4 is 28.0 Å². The molecule has 1 aromatic carbocycles. The molecule has 0 N–H and O–H groups in total. The van der Waals surface area contributed by atoms with Crippen molar-refractivity contribution in [2.75, 3.05) is 0 Å². The first kappa shape index (κ1) is 10.9. The van der Waals surface area contributed by atoms with Crippen LogP contribution in [0.3, 0.4) is 0 Å². The fraction of sp³-hybridized carbons (Fsp3) is 0.0833. The van der Waals surface area contributed by atoms with Crippen molar-refractivity contribution in [2.45, 2.75) is 6.04 Å². The van der Waals surface area contributed by atoms with Crippen molar-refractivity contribution < 1.29 is 9.59 Å². The normalized spacial score (nSPS) is 15.6. The van der Waals surface area contributed by atoms with E-state index in [2.05, 4.69) is 15.2 Å². The molecule has 2 aromatic rings. The average Bonchev–Trinajstić information content (AvgIpc) is 2.98. The number of hydrogen-bond donors (Lipinski definition) is 0. The number of carbonyl (C=O) groups is 2. The Morgan fingerprint density at radius 1 is 1.11 bits per heavy atom. The highest BCUT2D eigenvalue weighted by molar-refractivity contribution is 7.13. The summed E-state index contributed by atoms with van der Waals surface area (Å²) in [6.07, 6.45) is 1.59. The van der Waals surface area contributed by atoms with Crippen LogP contribution in [0, 0.1) is 0 Å². The molecule has 0 saturated carbocycles. The first-order chi connectivity index (χ1) is 8.77. The molecule has 0 unspecified atom stereocenters. The monoisotopic (exact) mass is 257 g/mol. The molecule has 0 fully saturated rings. The van der Waals surface area contributed by atoms with E-state index in [1.807, 2.05) is 0 Å². The summed E-state index contributed by atoms with van der Waals surface area (Å²) in [6.45, 7) is 0. The number of carbonyl (C=O) groups excluding carboxylic acids is 2. The maximum atomic E-state index is 12.0. The van der Waals surface area contributed by atoms with Crippen LogP contribution in [-0.4, -0.2) is 22.6 Å². The van der Waals surface area contributed by atoms with Crippen molar-refractivity contribution in [1.29, 1.82) is 0 Å². The molecular formula is C12H7N3O2S. The molecule has 0 aliphatic heterocycles. The Morgan fingerprint density at radius 2 is 1.78 bits per heavy atom. The van der Waals surface area contributed by atoms with E-state index in [0.29, 0.717) is 16.3 Å². The Kier molecular flexibility index (Phi) is 2.56. The van der Waals surface area contributed by atoms with Crippen LogP contribution in [0.5, 0.6) is 0 Å². The second kappa shape index (κ2) is 4.23. The summed E-state index contributed by atoms with van der Waals surface area (Å²) in [4.78, 5) is 27.9. The van der Waals surface area contributed by atoms with Gasteiger partial charge in [-0.25, -0.2) is 4.98 Å². The van der Waals surface area contributed by atoms with E-state index < -0.39 is 6.04 Å². The van der Waals surface area contributed by atoms with Crippen LogP contribution in [0.4, 0.5) is 5.13 Å². The molecule has 0 atom stereocenters. The van der Waals surface area contributed by atoms with E-state index in [-0.39, 0.29) is 11.6 Å². The minimum Gasteiger partial charge on any atom is -0.291 e. The summed E-state index contributed by atoms with van der Waals surface area (Å²) in [7, 11) is 0. The van der Waals surface area contributed by atoms with Crippen molar-refractivity contribution in [3.8, 4) is 0 Å². The maximum Gasteiger partial charge on any atom is 0.229 e. The van der Waals surface area contributed by atoms with Gasteiger partial charge in [-0.3, -0.25) is 9.59 Å². The zero-order valence-electron chi connectivity index (χ0n) is 9.11. The third-order valence-electron chi connectivity index (χ3n) is 2.63. The summed E-state index contributed by atoms with van der Waals surface area (Å²) in [5.74, 6) is -0.591. The predicted octanol–water partition coefficient (Wildman–Crippen LogP) is 2.67. The SMILES string of the molecule is O=C1c2ccccc2C(=O)C1N=Nc1nccs1. The molecule has 0 bridgehead atoms. The number of benzene rings is 1. The Bertz CT molecular complexity index is 614. The van der Waals surface area contributed by atoms with Crippen molar-refractivity contribution in [2.24, 2.45) is 10.2 Å². The van der Waals surface area contributed by atoms with E-state index >= 15 is 0 Å². The summed E-state index contributed by atoms with van der Waals surface area (Å²) in [5.41, 5.74) is 0.844. The molecule has 6 heteroatoms. The number of Topliss-reactive ketones (excluding diaryl/α,β-unsaturated/α-hetero) is 2. The second-order valence-corrected chi connectivity index (χ2v) is 4.58. The van der Waals surface area contributed by atoms with E-state index in [0.717, 1.165) is 0 Å². The number of azo groups is 1. The van der Waals surface area contributed by atoms with Crippen LogP contribution >= 0.6 is 11.3 Å². The zero-order valence-corrected chi connectivity index (χ0v) is 9.92. The molecule has 88 valence electrons. The Labute approximate surface area is 106 Å². The highest BCUT2D eigenvalue weighted by Crippen LogP contribution is 2.25. The van der Waals surface area contributed by atoms with Gasteiger partial charge in [-0.05, 0) is 0 Å². The molecule has 1 aliphatic rings. The molecule has 0 radical (unpaired) electrons. The van der Waals surface area contributed by atoms with Gasteiger partial charge in [0.05, 0.1) is 0 Å². The third kappa shape index (κ3) is 1.67. The lowest BCUT2D eigenvalue weighted by molar-refractivity contribution is 0.0891. The summed E-state index contributed by atoms with van der Waals surface area (Å²) < 4.78 is 0. The summed E-state index contributed by atoms with van der Waals surface area (Å²) >= 11 is 1.30. The smallest absolute Gasteiger partial charge is 0.229 e. The molecule has 0 saturated heterocycles. The van der Waals surface area contributed by atoms with Gasteiger partial charge in [0.1, 0.15) is 0 Å². The van der Waals surface area contributed by atoms with Gasteiger partial charge in [0, 0.05) is 22.7 Å². The van der Waals surface area contributed by atoms with Crippen LogP contribution in [0.1, 0.15) is 20.7 Å². The topological polar surface area (TPSA) is 71.8 Å². The van der Waals surface area contributed by atoms with Crippen molar-refractivity contribution in [3.05, 3.63) is 47.0 Å².